The number of benzene rings is 1. The first-order valence-electron chi connectivity index (χ1n) is 11.6. The molecular formula is C26H27N5O4. The number of amides is 2. The van der Waals surface area contributed by atoms with E-state index in [0.717, 1.165) is 17.0 Å². The Hall–Kier alpha value is -4.14. The lowest BCUT2D eigenvalue weighted by molar-refractivity contribution is -0.122. The van der Waals surface area contributed by atoms with E-state index >= 15 is 0 Å². The second-order valence-corrected chi connectivity index (χ2v) is 8.97. The minimum Gasteiger partial charge on any atom is -0.466 e. The Morgan fingerprint density at radius 2 is 1.86 bits per heavy atom. The van der Waals surface area contributed by atoms with Gasteiger partial charge in [-0.25, -0.2) is 4.98 Å². The van der Waals surface area contributed by atoms with Gasteiger partial charge in [0.1, 0.15) is 11.5 Å². The third-order valence-electron chi connectivity index (χ3n) is 6.57. The number of aromatic nitrogens is 2. The highest BCUT2D eigenvalue weighted by atomic mass is 16.5. The number of fused-ring (bicyclic) bond motifs is 1. The van der Waals surface area contributed by atoms with E-state index in [1.54, 1.807) is 13.0 Å². The van der Waals surface area contributed by atoms with Crippen LogP contribution in [0.25, 0.3) is 22.4 Å². The Morgan fingerprint density at radius 3 is 2.54 bits per heavy atom. The molecule has 0 bridgehead atoms. The predicted octanol–water partition coefficient (Wildman–Crippen LogP) is 4.36. The third kappa shape index (κ3) is 4.25. The molecule has 0 radical (unpaired) electrons. The normalized spacial score (nSPS) is 14.4. The first-order chi connectivity index (χ1) is 16.8. The zero-order valence-electron chi connectivity index (χ0n) is 19.9. The van der Waals surface area contributed by atoms with E-state index in [2.05, 4.69) is 20.4 Å². The highest BCUT2D eigenvalue weighted by Crippen LogP contribution is 2.33. The monoisotopic (exact) mass is 473 g/mol. The predicted molar refractivity (Wildman–Crippen MR) is 132 cm³/mol. The van der Waals surface area contributed by atoms with Gasteiger partial charge >= 0.3 is 0 Å². The van der Waals surface area contributed by atoms with Gasteiger partial charge in [0, 0.05) is 24.6 Å². The number of pyridine rings is 1. The van der Waals surface area contributed by atoms with Crippen LogP contribution < -0.4 is 16.0 Å². The van der Waals surface area contributed by atoms with Gasteiger partial charge in [-0.1, -0.05) is 17.3 Å². The fourth-order valence-electron chi connectivity index (χ4n) is 4.75. The van der Waals surface area contributed by atoms with Gasteiger partial charge in [0.05, 0.1) is 33.7 Å². The molecule has 9 heteroatoms. The molecule has 1 saturated heterocycles. The SMILES string of the molecule is Cc1cc(-c2cc(C(=O)Nc3ccccc3N3CCC(C(N)=O)CC3)c3c(C)noc3n2)c(C)o1. The highest BCUT2D eigenvalue weighted by molar-refractivity contribution is 6.14. The molecule has 0 saturated carbocycles. The molecule has 0 unspecified atom stereocenters. The van der Waals surface area contributed by atoms with Gasteiger partial charge < -0.3 is 24.9 Å². The fourth-order valence-corrected chi connectivity index (χ4v) is 4.75. The molecule has 1 aliphatic heterocycles. The maximum Gasteiger partial charge on any atom is 0.259 e. The van der Waals surface area contributed by atoms with E-state index in [1.807, 2.05) is 44.2 Å². The lowest BCUT2D eigenvalue weighted by Crippen LogP contribution is -2.38. The van der Waals surface area contributed by atoms with Crippen LogP contribution in [0.1, 0.15) is 40.4 Å². The largest absolute Gasteiger partial charge is 0.466 e. The van der Waals surface area contributed by atoms with Gasteiger partial charge in [0.25, 0.3) is 11.6 Å². The molecule has 180 valence electrons. The minimum absolute atomic E-state index is 0.108. The fraction of sp³-hybridized carbons (Fsp3) is 0.308. The zero-order valence-corrected chi connectivity index (χ0v) is 19.9. The second kappa shape index (κ2) is 8.90. The number of hydrogen-bond acceptors (Lipinski definition) is 7. The Kier molecular flexibility index (Phi) is 5.76. The molecule has 1 aliphatic rings. The summed E-state index contributed by atoms with van der Waals surface area (Å²) in [6, 6.07) is 11.3. The molecule has 9 nitrogen and oxygen atoms in total. The van der Waals surface area contributed by atoms with Crippen molar-refractivity contribution in [2.24, 2.45) is 11.7 Å². The van der Waals surface area contributed by atoms with E-state index in [0.29, 0.717) is 65.4 Å². The highest BCUT2D eigenvalue weighted by Gasteiger charge is 2.26. The number of primary amides is 1. The van der Waals surface area contributed by atoms with Crippen LogP contribution in [0.4, 0.5) is 11.4 Å². The van der Waals surface area contributed by atoms with Crippen LogP contribution in [-0.2, 0) is 4.79 Å². The standard InChI is InChI=1S/C26H27N5O4/c1-14-12-18(16(3)34-14)21-13-19(23-15(2)30-35-26(23)29-21)25(33)28-20-6-4-5-7-22(20)31-10-8-17(9-11-31)24(27)32/h4-7,12-13,17H,8-11H2,1-3H3,(H2,27,32)(H,28,33). The average molecular weight is 474 g/mol. The minimum atomic E-state index is -0.290. The molecule has 1 aromatic carbocycles. The van der Waals surface area contributed by atoms with E-state index < -0.39 is 0 Å². The van der Waals surface area contributed by atoms with E-state index in [4.69, 9.17) is 14.7 Å². The number of carbonyl (C=O) groups is 2. The van der Waals surface area contributed by atoms with Crippen LogP contribution in [0.15, 0.2) is 45.3 Å². The van der Waals surface area contributed by atoms with Gasteiger partial charge in [-0.2, -0.15) is 0 Å². The summed E-state index contributed by atoms with van der Waals surface area (Å²) in [6.45, 7) is 6.89. The molecule has 0 atom stereocenters. The molecule has 2 amide bonds. The molecule has 35 heavy (non-hydrogen) atoms. The number of rotatable bonds is 5. The summed E-state index contributed by atoms with van der Waals surface area (Å²) < 4.78 is 11.1. The third-order valence-corrected chi connectivity index (χ3v) is 6.57. The number of carbonyl (C=O) groups excluding carboxylic acids is 2. The number of piperidine rings is 1. The molecule has 5 rings (SSSR count). The number of furan rings is 1. The zero-order chi connectivity index (χ0) is 24.7. The van der Waals surface area contributed by atoms with Crippen molar-refractivity contribution in [3.05, 3.63) is 59.2 Å². The Balaban J connectivity index is 1.49. The Morgan fingerprint density at radius 1 is 1.11 bits per heavy atom. The molecule has 1 fully saturated rings. The summed E-state index contributed by atoms with van der Waals surface area (Å²) in [5, 5.41) is 7.68. The van der Waals surface area contributed by atoms with Crippen molar-refractivity contribution in [1.82, 2.24) is 10.1 Å². The summed E-state index contributed by atoms with van der Waals surface area (Å²) in [5.41, 5.74) is 9.75. The molecule has 4 heterocycles. The number of anilines is 2. The number of nitrogens with zero attached hydrogens (tertiary/aromatic N) is 3. The van der Waals surface area contributed by atoms with Crippen molar-refractivity contribution in [1.29, 1.82) is 0 Å². The van der Waals surface area contributed by atoms with Gasteiger partial charge in [-0.3, -0.25) is 9.59 Å². The second-order valence-electron chi connectivity index (χ2n) is 8.97. The number of para-hydroxylation sites is 2. The molecule has 0 spiro atoms. The summed E-state index contributed by atoms with van der Waals surface area (Å²) in [7, 11) is 0. The van der Waals surface area contributed by atoms with E-state index in [1.165, 1.54) is 0 Å². The molecule has 3 N–H and O–H groups in total. The van der Waals surface area contributed by atoms with Crippen molar-refractivity contribution < 1.29 is 18.5 Å². The van der Waals surface area contributed by atoms with Gasteiger partial charge in [-0.05, 0) is 57.9 Å². The molecule has 0 aliphatic carbocycles. The lowest BCUT2D eigenvalue weighted by atomic mass is 9.96. The molecular weight excluding hydrogens is 446 g/mol. The summed E-state index contributed by atoms with van der Waals surface area (Å²) in [4.78, 5) is 31.9. The van der Waals surface area contributed by atoms with Crippen molar-refractivity contribution in [3.8, 4) is 11.3 Å². The first-order valence-corrected chi connectivity index (χ1v) is 11.6. The Bertz CT molecular complexity index is 1430. The van der Waals surface area contributed by atoms with Gasteiger partial charge in [0.2, 0.25) is 5.91 Å². The lowest BCUT2D eigenvalue weighted by Gasteiger charge is -2.33. The maximum atomic E-state index is 13.6. The van der Waals surface area contributed by atoms with Crippen molar-refractivity contribution >= 4 is 34.3 Å². The number of nitrogens with two attached hydrogens (primary N) is 1. The maximum absolute atomic E-state index is 13.6. The van der Waals surface area contributed by atoms with E-state index in [-0.39, 0.29) is 17.7 Å². The van der Waals surface area contributed by atoms with Crippen LogP contribution in [0.5, 0.6) is 0 Å². The first kappa shape index (κ1) is 22.6. The summed E-state index contributed by atoms with van der Waals surface area (Å²) in [6.07, 6.45) is 1.38. The van der Waals surface area contributed by atoms with Gasteiger partial charge in [0.15, 0.2) is 0 Å². The van der Waals surface area contributed by atoms with Crippen LogP contribution in [0.3, 0.4) is 0 Å². The van der Waals surface area contributed by atoms with Crippen LogP contribution >= 0.6 is 0 Å². The van der Waals surface area contributed by atoms with Crippen molar-refractivity contribution in [3.63, 3.8) is 0 Å². The van der Waals surface area contributed by atoms with Crippen LogP contribution in [0.2, 0.25) is 0 Å². The quantitative estimate of drug-likeness (QED) is 0.441. The number of nitrogens with one attached hydrogen (secondary N) is 1. The molecule has 3 aromatic heterocycles. The summed E-state index contributed by atoms with van der Waals surface area (Å²) in [5.74, 6) is 0.816. The summed E-state index contributed by atoms with van der Waals surface area (Å²) >= 11 is 0. The van der Waals surface area contributed by atoms with Crippen molar-refractivity contribution in [2.75, 3.05) is 23.3 Å². The average Bonchev–Trinajstić information content (AvgIpc) is 3.39. The smallest absolute Gasteiger partial charge is 0.259 e. The number of hydrogen-bond donors (Lipinski definition) is 2. The Labute approximate surface area is 202 Å². The van der Waals surface area contributed by atoms with Crippen LogP contribution in [-0.4, -0.2) is 35.0 Å². The van der Waals surface area contributed by atoms with E-state index in [9.17, 15) is 9.59 Å². The topological polar surface area (TPSA) is 127 Å². The molecule has 4 aromatic rings. The van der Waals surface area contributed by atoms with Gasteiger partial charge in [-0.15, -0.1) is 0 Å². The van der Waals surface area contributed by atoms with Crippen LogP contribution in [0, 0.1) is 26.7 Å². The number of aryl methyl sites for hydroxylation is 3. The van der Waals surface area contributed by atoms with Crippen molar-refractivity contribution in [2.45, 2.75) is 33.6 Å².